The van der Waals surface area contributed by atoms with Crippen LogP contribution in [0.4, 0.5) is 4.39 Å². The Labute approximate surface area is 76.6 Å². The zero-order valence-electron chi connectivity index (χ0n) is 7.29. The third kappa shape index (κ3) is 1.62. The summed E-state index contributed by atoms with van der Waals surface area (Å²) >= 11 is 0. The molecule has 13 heavy (non-hydrogen) atoms. The zero-order chi connectivity index (χ0) is 9.26. The Morgan fingerprint density at radius 3 is 2.77 bits per heavy atom. The van der Waals surface area contributed by atoms with Crippen LogP contribution in [0, 0.1) is 0 Å². The first-order chi connectivity index (χ1) is 6.29. The highest BCUT2D eigenvalue weighted by atomic mass is 19.1. The normalized spacial score (nSPS) is 17.2. The second-order valence-electron chi connectivity index (χ2n) is 3.52. The molecule has 0 atom stereocenters. The standard InChI is InChI=1S/C11H11FO/c12-7-8-2-1-3-9(4-8)10-5-11(13)6-10/h1-4,10H,5-7H2. The minimum atomic E-state index is -0.422. The lowest BCUT2D eigenvalue weighted by Crippen LogP contribution is -2.21. The van der Waals surface area contributed by atoms with Crippen molar-refractivity contribution in [2.75, 3.05) is 0 Å². The number of carbonyl (C=O) groups excluding carboxylic acids is 1. The Bertz CT molecular complexity index is 325. The van der Waals surface area contributed by atoms with Gasteiger partial charge in [0.25, 0.3) is 0 Å². The third-order valence-electron chi connectivity index (χ3n) is 2.52. The molecule has 2 rings (SSSR count). The molecule has 1 aliphatic carbocycles. The average Bonchev–Trinajstić information content (AvgIpc) is 2.13. The summed E-state index contributed by atoms with van der Waals surface area (Å²) in [6.07, 6.45) is 1.27. The van der Waals surface area contributed by atoms with Crippen LogP contribution in [-0.2, 0) is 11.5 Å². The summed E-state index contributed by atoms with van der Waals surface area (Å²) in [5, 5.41) is 0. The van der Waals surface area contributed by atoms with Crippen molar-refractivity contribution in [1.29, 1.82) is 0 Å². The van der Waals surface area contributed by atoms with E-state index in [1.165, 1.54) is 0 Å². The SMILES string of the molecule is O=C1CC(c2cccc(CF)c2)C1. The maximum atomic E-state index is 12.3. The summed E-state index contributed by atoms with van der Waals surface area (Å²) in [7, 11) is 0. The monoisotopic (exact) mass is 178 g/mol. The predicted octanol–water partition coefficient (Wildman–Crippen LogP) is 2.60. The number of halogens is 1. The predicted molar refractivity (Wildman–Crippen MR) is 48.2 cm³/mol. The lowest BCUT2D eigenvalue weighted by Gasteiger charge is -2.24. The molecule has 0 amide bonds. The second kappa shape index (κ2) is 3.29. The van der Waals surface area contributed by atoms with Gasteiger partial charge in [0, 0.05) is 12.8 Å². The summed E-state index contributed by atoms with van der Waals surface area (Å²) in [4.78, 5) is 10.8. The van der Waals surface area contributed by atoms with Crippen molar-refractivity contribution in [3.63, 3.8) is 0 Å². The van der Waals surface area contributed by atoms with Gasteiger partial charge in [0.2, 0.25) is 0 Å². The number of carbonyl (C=O) groups is 1. The Morgan fingerprint density at radius 2 is 2.15 bits per heavy atom. The van der Waals surface area contributed by atoms with Gasteiger partial charge in [0.1, 0.15) is 12.5 Å². The molecule has 1 aliphatic rings. The van der Waals surface area contributed by atoms with Gasteiger partial charge in [-0.1, -0.05) is 24.3 Å². The van der Waals surface area contributed by atoms with E-state index in [-0.39, 0.29) is 0 Å². The molecule has 0 aliphatic heterocycles. The quantitative estimate of drug-likeness (QED) is 0.680. The van der Waals surface area contributed by atoms with Crippen molar-refractivity contribution in [3.8, 4) is 0 Å². The maximum absolute atomic E-state index is 12.3. The van der Waals surface area contributed by atoms with Crippen LogP contribution in [0.3, 0.4) is 0 Å². The lowest BCUT2D eigenvalue weighted by molar-refractivity contribution is -0.124. The summed E-state index contributed by atoms with van der Waals surface area (Å²) in [5.74, 6) is 0.662. The van der Waals surface area contributed by atoms with Crippen LogP contribution in [0.25, 0.3) is 0 Å². The summed E-state index contributed by atoms with van der Waals surface area (Å²) in [6, 6.07) is 7.45. The first-order valence-corrected chi connectivity index (χ1v) is 4.46. The van der Waals surface area contributed by atoms with Crippen molar-refractivity contribution in [3.05, 3.63) is 35.4 Å². The van der Waals surface area contributed by atoms with E-state index in [1.54, 1.807) is 6.07 Å². The van der Waals surface area contributed by atoms with Crippen LogP contribution in [-0.4, -0.2) is 5.78 Å². The molecule has 0 radical (unpaired) electrons. The molecule has 68 valence electrons. The number of Topliss-reactive ketones (excluding diaryl/α,β-unsaturated/α-hetero) is 1. The molecule has 1 aromatic carbocycles. The molecule has 0 heterocycles. The highest BCUT2D eigenvalue weighted by Gasteiger charge is 2.27. The second-order valence-corrected chi connectivity index (χ2v) is 3.52. The largest absolute Gasteiger partial charge is 0.300 e. The van der Waals surface area contributed by atoms with Gasteiger partial charge in [0.05, 0.1) is 0 Å². The van der Waals surface area contributed by atoms with Gasteiger partial charge in [-0.15, -0.1) is 0 Å². The van der Waals surface area contributed by atoms with Crippen LogP contribution in [0.15, 0.2) is 24.3 Å². The van der Waals surface area contributed by atoms with E-state index in [0.29, 0.717) is 30.1 Å². The van der Waals surface area contributed by atoms with Gasteiger partial charge in [-0.05, 0) is 17.0 Å². The van der Waals surface area contributed by atoms with Gasteiger partial charge in [-0.3, -0.25) is 4.79 Å². The van der Waals surface area contributed by atoms with E-state index in [2.05, 4.69) is 0 Å². The van der Waals surface area contributed by atoms with E-state index in [1.807, 2.05) is 18.2 Å². The number of ketones is 1. The van der Waals surface area contributed by atoms with Crippen molar-refractivity contribution in [2.24, 2.45) is 0 Å². The first kappa shape index (κ1) is 8.42. The van der Waals surface area contributed by atoms with E-state index in [0.717, 1.165) is 5.56 Å². The third-order valence-corrected chi connectivity index (χ3v) is 2.52. The molecule has 0 aromatic heterocycles. The zero-order valence-corrected chi connectivity index (χ0v) is 7.29. The van der Waals surface area contributed by atoms with Crippen LogP contribution in [0.2, 0.25) is 0 Å². The van der Waals surface area contributed by atoms with E-state index in [4.69, 9.17) is 0 Å². The molecule has 0 N–H and O–H groups in total. The smallest absolute Gasteiger partial charge is 0.134 e. The Morgan fingerprint density at radius 1 is 1.38 bits per heavy atom. The van der Waals surface area contributed by atoms with Crippen LogP contribution < -0.4 is 0 Å². The highest BCUT2D eigenvalue weighted by Crippen LogP contribution is 2.33. The molecule has 0 bridgehead atoms. The number of rotatable bonds is 2. The summed E-state index contributed by atoms with van der Waals surface area (Å²) < 4.78 is 12.3. The Kier molecular flexibility index (Phi) is 2.13. The molecule has 2 heteroatoms. The molecule has 0 spiro atoms. The summed E-state index contributed by atoms with van der Waals surface area (Å²) in [6.45, 7) is -0.422. The molecular weight excluding hydrogens is 167 g/mol. The highest BCUT2D eigenvalue weighted by molar-refractivity contribution is 5.86. The van der Waals surface area contributed by atoms with Crippen LogP contribution in [0.1, 0.15) is 29.9 Å². The number of benzene rings is 1. The number of hydrogen-bond acceptors (Lipinski definition) is 1. The maximum Gasteiger partial charge on any atom is 0.134 e. The van der Waals surface area contributed by atoms with Gasteiger partial charge >= 0.3 is 0 Å². The fourth-order valence-electron chi connectivity index (χ4n) is 1.66. The fourth-order valence-corrected chi connectivity index (χ4v) is 1.66. The molecule has 0 unspecified atom stereocenters. The Balaban J connectivity index is 2.16. The number of hydrogen-bond donors (Lipinski definition) is 0. The van der Waals surface area contributed by atoms with E-state index in [9.17, 15) is 9.18 Å². The Hall–Kier alpha value is -1.18. The molecule has 1 fully saturated rings. The van der Waals surface area contributed by atoms with Crippen molar-refractivity contribution >= 4 is 5.78 Å². The van der Waals surface area contributed by atoms with Gasteiger partial charge in [-0.2, -0.15) is 0 Å². The number of alkyl halides is 1. The summed E-state index contributed by atoms with van der Waals surface area (Å²) in [5.41, 5.74) is 1.81. The van der Waals surface area contributed by atoms with Crippen molar-refractivity contribution < 1.29 is 9.18 Å². The average molecular weight is 178 g/mol. The van der Waals surface area contributed by atoms with Gasteiger partial charge in [0.15, 0.2) is 0 Å². The lowest BCUT2D eigenvalue weighted by atomic mass is 9.78. The minimum absolute atomic E-state index is 0.315. The van der Waals surface area contributed by atoms with Crippen LogP contribution in [0.5, 0.6) is 0 Å². The molecule has 1 aromatic rings. The van der Waals surface area contributed by atoms with E-state index < -0.39 is 6.67 Å². The topological polar surface area (TPSA) is 17.1 Å². The minimum Gasteiger partial charge on any atom is -0.300 e. The van der Waals surface area contributed by atoms with Crippen molar-refractivity contribution in [2.45, 2.75) is 25.4 Å². The van der Waals surface area contributed by atoms with Crippen LogP contribution >= 0.6 is 0 Å². The first-order valence-electron chi connectivity index (χ1n) is 4.46. The van der Waals surface area contributed by atoms with Gasteiger partial charge < -0.3 is 0 Å². The fraction of sp³-hybridized carbons (Fsp3) is 0.364. The van der Waals surface area contributed by atoms with Gasteiger partial charge in [-0.25, -0.2) is 4.39 Å². The van der Waals surface area contributed by atoms with E-state index >= 15 is 0 Å². The molecule has 0 saturated heterocycles. The van der Waals surface area contributed by atoms with Crippen molar-refractivity contribution in [1.82, 2.24) is 0 Å². The molecule has 1 saturated carbocycles. The molecule has 1 nitrogen and oxygen atoms in total. The molecular formula is C11H11FO.